The van der Waals surface area contributed by atoms with Crippen molar-refractivity contribution in [3.8, 4) is 11.1 Å². The van der Waals surface area contributed by atoms with Crippen LogP contribution in [0.3, 0.4) is 0 Å². The molecule has 0 spiro atoms. The summed E-state index contributed by atoms with van der Waals surface area (Å²) in [4.78, 5) is 0. The first-order chi connectivity index (χ1) is 12.0. The molecule has 1 aromatic carbocycles. The van der Waals surface area contributed by atoms with Crippen LogP contribution in [0.5, 0.6) is 0 Å². The molecule has 0 saturated carbocycles. The highest BCUT2D eigenvalue weighted by Gasteiger charge is 2.18. The van der Waals surface area contributed by atoms with E-state index in [1.807, 2.05) is 37.3 Å². The third-order valence-electron chi connectivity index (χ3n) is 4.06. The van der Waals surface area contributed by atoms with Gasteiger partial charge in [0.05, 0.1) is 11.2 Å². The molecule has 4 heteroatoms. The molecule has 0 aliphatic rings. The molecule has 0 aliphatic heterocycles. The molecule has 0 saturated heterocycles. The van der Waals surface area contributed by atoms with Gasteiger partial charge in [-0.15, -0.1) is 0 Å². The van der Waals surface area contributed by atoms with E-state index in [1.54, 1.807) is 16.6 Å². The largest absolute Gasteiger partial charge is 0.221 e. The Hall–Kier alpha value is -2.39. The maximum atomic E-state index is 13.4. The van der Waals surface area contributed by atoms with Crippen LogP contribution in [0, 0.1) is 5.82 Å². The van der Waals surface area contributed by atoms with Crippen molar-refractivity contribution >= 4 is 23.2 Å². The molecule has 128 valence electrons. The molecule has 0 atom stereocenters. The van der Waals surface area contributed by atoms with Crippen molar-refractivity contribution in [2.75, 3.05) is 0 Å². The van der Waals surface area contributed by atoms with E-state index < -0.39 is 0 Å². The molecule has 0 unspecified atom stereocenters. The van der Waals surface area contributed by atoms with E-state index in [4.69, 9.17) is 16.7 Å². The van der Waals surface area contributed by atoms with Crippen LogP contribution in [0.15, 0.2) is 54.6 Å². The fourth-order valence-corrected chi connectivity index (χ4v) is 3.09. The van der Waals surface area contributed by atoms with Crippen LogP contribution in [-0.2, 0) is 0 Å². The zero-order valence-electron chi connectivity index (χ0n) is 14.5. The third kappa shape index (κ3) is 3.38. The molecule has 0 amide bonds. The molecule has 2 heterocycles. The Morgan fingerprint density at radius 1 is 1.08 bits per heavy atom. The summed E-state index contributed by atoms with van der Waals surface area (Å²) in [5.74, 6) is -0.0374. The summed E-state index contributed by atoms with van der Waals surface area (Å²) in [6.07, 6.45) is 8.01. The molecule has 3 aromatic rings. The lowest BCUT2D eigenvalue weighted by molar-refractivity contribution is 0.628. The number of halogens is 2. The number of hydrogen-bond donors (Lipinski definition) is 0. The quantitative estimate of drug-likeness (QED) is 0.488. The zero-order chi connectivity index (χ0) is 18.0. The van der Waals surface area contributed by atoms with Crippen molar-refractivity contribution in [2.45, 2.75) is 26.7 Å². The van der Waals surface area contributed by atoms with Crippen molar-refractivity contribution in [3.63, 3.8) is 0 Å². The molecule has 2 nitrogen and oxygen atoms in total. The smallest absolute Gasteiger partial charge is 0.131 e. The highest BCUT2D eigenvalue weighted by molar-refractivity contribution is 6.30. The minimum absolute atomic E-state index is 0.215. The van der Waals surface area contributed by atoms with Gasteiger partial charge in [-0.25, -0.2) is 8.91 Å². The van der Waals surface area contributed by atoms with Crippen molar-refractivity contribution in [1.29, 1.82) is 0 Å². The lowest BCUT2D eigenvalue weighted by Gasteiger charge is -2.16. The van der Waals surface area contributed by atoms with Gasteiger partial charge < -0.3 is 0 Å². The van der Waals surface area contributed by atoms with Gasteiger partial charge in [0.15, 0.2) is 0 Å². The molecule has 0 aliphatic carbocycles. The van der Waals surface area contributed by atoms with Crippen molar-refractivity contribution < 1.29 is 4.39 Å². The zero-order valence-corrected chi connectivity index (χ0v) is 15.3. The summed E-state index contributed by atoms with van der Waals surface area (Å²) in [5.41, 5.74) is 4.82. The lowest BCUT2D eigenvalue weighted by Crippen LogP contribution is -2.06. The Morgan fingerprint density at radius 3 is 2.44 bits per heavy atom. The highest BCUT2D eigenvalue weighted by atomic mass is 35.5. The minimum atomic E-state index is -0.252. The van der Waals surface area contributed by atoms with E-state index in [2.05, 4.69) is 19.9 Å². The number of hydrogen-bond acceptors (Lipinski definition) is 1. The van der Waals surface area contributed by atoms with Crippen LogP contribution in [0.2, 0.25) is 5.15 Å². The van der Waals surface area contributed by atoms with E-state index in [-0.39, 0.29) is 11.7 Å². The summed E-state index contributed by atoms with van der Waals surface area (Å²) in [6, 6.07) is 10.3. The summed E-state index contributed by atoms with van der Waals surface area (Å²) in [7, 11) is 0. The van der Waals surface area contributed by atoms with Gasteiger partial charge in [-0.2, -0.15) is 5.10 Å². The Bertz CT molecular complexity index is 950. The first-order valence-corrected chi connectivity index (χ1v) is 8.67. The van der Waals surface area contributed by atoms with Crippen LogP contribution in [0.25, 0.3) is 22.7 Å². The van der Waals surface area contributed by atoms with Gasteiger partial charge in [0.25, 0.3) is 0 Å². The van der Waals surface area contributed by atoms with Crippen molar-refractivity contribution in [3.05, 3.63) is 76.9 Å². The maximum absolute atomic E-state index is 13.4. The third-order valence-corrected chi connectivity index (χ3v) is 4.35. The minimum Gasteiger partial charge on any atom is -0.221 e. The number of aromatic nitrogens is 2. The Balaban J connectivity index is 2.40. The normalized spacial score (nSPS) is 12.2. The van der Waals surface area contributed by atoms with E-state index >= 15 is 0 Å². The first kappa shape index (κ1) is 17.4. The monoisotopic (exact) mass is 354 g/mol. The fourth-order valence-electron chi connectivity index (χ4n) is 2.90. The summed E-state index contributed by atoms with van der Waals surface area (Å²) >= 11 is 6.32. The van der Waals surface area contributed by atoms with Crippen LogP contribution in [0.4, 0.5) is 4.39 Å². The van der Waals surface area contributed by atoms with E-state index in [9.17, 15) is 4.39 Å². The highest BCUT2D eigenvalue weighted by Crippen LogP contribution is 2.35. The topological polar surface area (TPSA) is 17.3 Å². The summed E-state index contributed by atoms with van der Waals surface area (Å²) < 4.78 is 15.2. The van der Waals surface area contributed by atoms with E-state index in [1.165, 1.54) is 12.1 Å². The average Bonchev–Trinajstić information content (AvgIpc) is 2.96. The predicted molar refractivity (Wildman–Crippen MR) is 104 cm³/mol. The Labute approximate surface area is 152 Å². The Morgan fingerprint density at radius 2 is 1.80 bits per heavy atom. The fraction of sp³-hybridized carbons (Fsp3) is 0.190. The molecular weight excluding hydrogens is 335 g/mol. The number of fused-ring (bicyclic) bond motifs is 1. The van der Waals surface area contributed by atoms with Crippen molar-refractivity contribution in [1.82, 2.24) is 9.61 Å². The van der Waals surface area contributed by atoms with Gasteiger partial charge in [-0.3, -0.25) is 0 Å². The Kier molecular flexibility index (Phi) is 5.05. The molecule has 0 radical (unpaired) electrons. The SMILES string of the molecule is C/C=C/C=C/c1c(C(C)C)nn2c(Cl)ccc2c1-c1ccc(F)cc1. The second-order valence-electron chi connectivity index (χ2n) is 6.17. The average molecular weight is 355 g/mol. The van der Waals surface area contributed by atoms with E-state index in [0.29, 0.717) is 5.15 Å². The molecule has 3 rings (SSSR count). The molecule has 0 N–H and O–H groups in total. The van der Waals surface area contributed by atoms with Crippen molar-refractivity contribution in [2.24, 2.45) is 0 Å². The standard InChI is InChI=1S/C21H20ClFN2/c1-4-5-6-7-17-20(15-8-10-16(23)11-9-15)18-12-13-19(22)25(18)24-21(17)14(2)3/h4-14H,1-3H3/b5-4+,7-6+. The molecule has 25 heavy (non-hydrogen) atoms. The molecular formula is C21H20ClFN2. The van der Waals surface area contributed by atoms with Gasteiger partial charge in [0, 0.05) is 11.1 Å². The number of nitrogens with zero attached hydrogens (tertiary/aromatic N) is 2. The number of benzene rings is 1. The van der Waals surface area contributed by atoms with Crippen LogP contribution >= 0.6 is 11.6 Å². The predicted octanol–water partition coefficient (Wildman–Crippen LogP) is 6.51. The van der Waals surface area contributed by atoms with E-state index in [0.717, 1.165) is 27.9 Å². The van der Waals surface area contributed by atoms with Crippen LogP contribution in [0.1, 0.15) is 37.9 Å². The second kappa shape index (κ2) is 7.24. The number of allylic oxidation sites excluding steroid dienone is 3. The van der Waals surface area contributed by atoms with Gasteiger partial charge in [-0.05, 0) is 42.7 Å². The van der Waals surface area contributed by atoms with Gasteiger partial charge in [0.2, 0.25) is 0 Å². The van der Waals surface area contributed by atoms with Gasteiger partial charge >= 0.3 is 0 Å². The van der Waals surface area contributed by atoms with Crippen LogP contribution in [-0.4, -0.2) is 9.61 Å². The second-order valence-corrected chi connectivity index (χ2v) is 6.56. The summed E-state index contributed by atoms with van der Waals surface area (Å²) in [6.45, 7) is 6.18. The van der Waals surface area contributed by atoms with Gasteiger partial charge in [0.1, 0.15) is 11.0 Å². The maximum Gasteiger partial charge on any atom is 0.131 e. The molecule has 0 fully saturated rings. The molecule has 2 aromatic heterocycles. The number of rotatable bonds is 4. The molecule has 0 bridgehead atoms. The van der Waals surface area contributed by atoms with Crippen LogP contribution < -0.4 is 0 Å². The van der Waals surface area contributed by atoms with Gasteiger partial charge in [-0.1, -0.05) is 61.9 Å². The lowest BCUT2D eigenvalue weighted by atomic mass is 9.94. The summed E-state index contributed by atoms with van der Waals surface area (Å²) in [5, 5.41) is 5.31. The first-order valence-electron chi connectivity index (χ1n) is 8.29.